The maximum atomic E-state index is 12.6. The molecule has 0 N–H and O–H groups in total. The fourth-order valence-corrected chi connectivity index (χ4v) is 3.86. The van der Waals surface area contributed by atoms with Gasteiger partial charge in [0, 0.05) is 22.2 Å². The molecule has 4 rings (SSSR count). The number of hydrogen-bond donors (Lipinski definition) is 0. The highest BCUT2D eigenvalue weighted by Crippen LogP contribution is 2.26. The van der Waals surface area contributed by atoms with Gasteiger partial charge in [-0.05, 0) is 42.0 Å². The van der Waals surface area contributed by atoms with Gasteiger partial charge in [0.15, 0.2) is 0 Å². The lowest BCUT2D eigenvalue weighted by molar-refractivity contribution is -0.136. The Hall–Kier alpha value is -2.06. The number of nitrogens with zero attached hydrogens (tertiary/aromatic N) is 3. The first kappa shape index (κ1) is 20.2. The average Bonchev–Trinajstić information content (AvgIpc) is 3.22. The van der Waals surface area contributed by atoms with Crippen molar-refractivity contribution in [1.82, 2.24) is 15.1 Å². The summed E-state index contributed by atoms with van der Waals surface area (Å²) in [7, 11) is 0. The summed E-state index contributed by atoms with van der Waals surface area (Å²) in [5.74, 6) is 0.615. The number of benzene rings is 2. The van der Waals surface area contributed by atoms with Crippen LogP contribution in [0.5, 0.6) is 0 Å². The molecule has 3 aromatic rings. The second-order valence-electron chi connectivity index (χ2n) is 6.42. The van der Waals surface area contributed by atoms with E-state index in [9.17, 15) is 4.79 Å². The van der Waals surface area contributed by atoms with Gasteiger partial charge in [0.25, 0.3) is 5.22 Å². The Morgan fingerprint density at radius 2 is 1.76 bits per heavy atom. The fourth-order valence-electron chi connectivity index (χ4n) is 2.95. The number of carbonyl (C=O) groups excluding carboxylic acids is 1. The second-order valence-corrected chi connectivity index (χ2v) is 8.22. The largest absolute Gasteiger partial charge is 0.411 e. The lowest BCUT2D eigenvalue weighted by Gasteiger charge is -2.33. The van der Waals surface area contributed by atoms with Gasteiger partial charge in [-0.15, -0.1) is 10.2 Å². The van der Waals surface area contributed by atoms with E-state index < -0.39 is 0 Å². The predicted octanol–water partition coefficient (Wildman–Crippen LogP) is 4.74. The second kappa shape index (κ2) is 9.17. The van der Waals surface area contributed by atoms with Crippen LogP contribution >= 0.6 is 35.0 Å². The van der Waals surface area contributed by atoms with E-state index in [0.717, 1.165) is 11.1 Å². The molecule has 29 heavy (non-hydrogen) atoms. The van der Waals surface area contributed by atoms with Crippen LogP contribution in [0, 0.1) is 0 Å². The Labute approximate surface area is 182 Å². The van der Waals surface area contributed by atoms with Gasteiger partial charge in [0.05, 0.1) is 18.9 Å². The number of aromatic nitrogens is 2. The van der Waals surface area contributed by atoms with Crippen LogP contribution in [0.4, 0.5) is 0 Å². The molecular formula is C20H17Cl2N3O3S. The molecule has 150 valence electrons. The zero-order valence-corrected chi connectivity index (χ0v) is 17.6. The van der Waals surface area contributed by atoms with Gasteiger partial charge in [-0.25, -0.2) is 0 Å². The van der Waals surface area contributed by atoms with Crippen molar-refractivity contribution in [3.8, 4) is 11.5 Å². The number of halogens is 2. The number of thioether (sulfide) groups is 1. The molecule has 1 aliphatic rings. The van der Waals surface area contributed by atoms with Crippen LogP contribution in [0.2, 0.25) is 10.0 Å². The van der Waals surface area contributed by atoms with Gasteiger partial charge in [0.1, 0.15) is 6.10 Å². The van der Waals surface area contributed by atoms with Gasteiger partial charge in [0.2, 0.25) is 11.8 Å². The molecular weight excluding hydrogens is 433 g/mol. The summed E-state index contributed by atoms with van der Waals surface area (Å²) < 4.78 is 11.5. The topological polar surface area (TPSA) is 68.5 Å². The molecule has 1 aliphatic heterocycles. The van der Waals surface area contributed by atoms with E-state index >= 15 is 0 Å². The highest BCUT2D eigenvalue weighted by molar-refractivity contribution is 7.99. The molecule has 2 aromatic carbocycles. The Morgan fingerprint density at radius 3 is 2.48 bits per heavy atom. The highest BCUT2D eigenvalue weighted by atomic mass is 35.5. The van der Waals surface area contributed by atoms with Gasteiger partial charge >= 0.3 is 0 Å². The van der Waals surface area contributed by atoms with E-state index in [2.05, 4.69) is 10.2 Å². The Bertz CT molecular complexity index is 979. The zero-order valence-electron chi connectivity index (χ0n) is 15.3. The Balaban J connectivity index is 1.33. The number of amides is 1. The van der Waals surface area contributed by atoms with Gasteiger partial charge < -0.3 is 14.1 Å². The van der Waals surface area contributed by atoms with Crippen LogP contribution in [0.25, 0.3) is 11.5 Å². The summed E-state index contributed by atoms with van der Waals surface area (Å²) in [4.78, 5) is 14.4. The minimum Gasteiger partial charge on any atom is -0.411 e. The van der Waals surface area contributed by atoms with Crippen molar-refractivity contribution < 1.29 is 13.9 Å². The normalized spacial score (nSPS) is 16.8. The molecule has 1 amide bonds. The van der Waals surface area contributed by atoms with Gasteiger partial charge in [-0.3, -0.25) is 4.79 Å². The van der Waals surface area contributed by atoms with Crippen LogP contribution in [0.15, 0.2) is 58.2 Å². The van der Waals surface area contributed by atoms with Crippen molar-refractivity contribution in [2.45, 2.75) is 11.3 Å². The molecule has 0 bridgehead atoms. The first-order valence-electron chi connectivity index (χ1n) is 8.95. The molecule has 1 saturated heterocycles. The molecule has 0 spiro atoms. The molecule has 0 aliphatic carbocycles. The maximum absolute atomic E-state index is 12.6. The molecule has 1 fully saturated rings. The molecule has 9 heteroatoms. The number of hydrogen-bond acceptors (Lipinski definition) is 6. The summed E-state index contributed by atoms with van der Waals surface area (Å²) >= 11 is 13.1. The van der Waals surface area contributed by atoms with E-state index in [0.29, 0.717) is 40.9 Å². The fraction of sp³-hybridized carbons (Fsp3) is 0.250. The van der Waals surface area contributed by atoms with Crippen LogP contribution in [-0.4, -0.2) is 46.5 Å². The number of carbonyl (C=O) groups is 1. The molecule has 1 aromatic heterocycles. The molecule has 1 unspecified atom stereocenters. The predicted molar refractivity (Wildman–Crippen MR) is 112 cm³/mol. The first-order chi connectivity index (χ1) is 14.1. The van der Waals surface area contributed by atoms with Crippen molar-refractivity contribution in [1.29, 1.82) is 0 Å². The summed E-state index contributed by atoms with van der Waals surface area (Å²) in [5, 5.41) is 9.70. The van der Waals surface area contributed by atoms with Crippen molar-refractivity contribution >= 4 is 40.9 Å². The SMILES string of the molecule is O=C(CSc1nnc(-c2ccc(Cl)cc2)o1)N1CCOC(c2ccc(Cl)cc2)C1. The van der Waals surface area contributed by atoms with Crippen LogP contribution in [-0.2, 0) is 9.53 Å². The zero-order chi connectivity index (χ0) is 20.2. The van der Waals surface area contributed by atoms with E-state index in [4.69, 9.17) is 32.4 Å². The molecule has 1 atom stereocenters. The van der Waals surface area contributed by atoms with E-state index in [1.807, 2.05) is 24.3 Å². The molecule has 6 nitrogen and oxygen atoms in total. The van der Waals surface area contributed by atoms with Gasteiger partial charge in [-0.1, -0.05) is 47.1 Å². The third-order valence-corrected chi connectivity index (χ3v) is 5.78. The summed E-state index contributed by atoms with van der Waals surface area (Å²) in [5.41, 5.74) is 1.78. The monoisotopic (exact) mass is 449 g/mol. The van der Waals surface area contributed by atoms with Crippen molar-refractivity contribution in [2.75, 3.05) is 25.4 Å². The minimum atomic E-state index is -0.158. The Morgan fingerprint density at radius 1 is 1.07 bits per heavy atom. The van der Waals surface area contributed by atoms with Crippen molar-refractivity contribution in [2.24, 2.45) is 0 Å². The molecule has 2 heterocycles. The Kier molecular flexibility index (Phi) is 6.40. The van der Waals surface area contributed by atoms with Crippen molar-refractivity contribution in [3.05, 3.63) is 64.1 Å². The van der Waals surface area contributed by atoms with E-state index in [1.54, 1.807) is 29.2 Å². The lowest BCUT2D eigenvalue weighted by atomic mass is 10.1. The average molecular weight is 450 g/mol. The number of rotatable bonds is 5. The van der Waals surface area contributed by atoms with Crippen LogP contribution in [0.1, 0.15) is 11.7 Å². The third kappa shape index (κ3) is 5.11. The summed E-state index contributed by atoms with van der Waals surface area (Å²) in [6, 6.07) is 14.6. The number of ether oxygens (including phenoxy) is 1. The van der Waals surface area contributed by atoms with E-state index in [1.165, 1.54) is 11.8 Å². The minimum absolute atomic E-state index is 0.00325. The summed E-state index contributed by atoms with van der Waals surface area (Å²) in [6.45, 7) is 1.55. The third-order valence-electron chi connectivity index (χ3n) is 4.48. The van der Waals surface area contributed by atoms with Crippen LogP contribution in [0.3, 0.4) is 0 Å². The lowest BCUT2D eigenvalue weighted by Crippen LogP contribution is -2.43. The smallest absolute Gasteiger partial charge is 0.277 e. The quantitative estimate of drug-likeness (QED) is 0.524. The highest BCUT2D eigenvalue weighted by Gasteiger charge is 2.25. The van der Waals surface area contributed by atoms with Gasteiger partial charge in [-0.2, -0.15) is 0 Å². The standard InChI is InChI=1S/C20H17Cl2N3O3S/c21-15-5-1-13(2-6-15)17-11-25(9-10-27-17)18(26)12-29-20-24-23-19(28-20)14-3-7-16(22)8-4-14/h1-8,17H,9-12H2. The van der Waals surface area contributed by atoms with E-state index in [-0.39, 0.29) is 17.8 Å². The number of morpholine rings is 1. The molecule has 0 radical (unpaired) electrons. The first-order valence-corrected chi connectivity index (χ1v) is 10.7. The summed E-state index contributed by atoms with van der Waals surface area (Å²) in [6.07, 6.45) is -0.158. The van der Waals surface area contributed by atoms with Crippen molar-refractivity contribution in [3.63, 3.8) is 0 Å². The maximum Gasteiger partial charge on any atom is 0.277 e. The van der Waals surface area contributed by atoms with Crippen LogP contribution < -0.4 is 0 Å². The molecule has 0 saturated carbocycles.